The molecule has 1 heterocycles. The molecule has 4 heteroatoms. The number of allylic oxidation sites excluding steroid dienone is 1. The fourth-order valence-corrected chi connectivity index (χ4v) is 1.68. The molecule has 4 nitrogen and oxygen atoms in total. The van der Waals surface area contributed by atoms with Crippen molar-refractivity contribution in [1.82, 2.24) is 5.32 Å². The minimum atomic E-state index is -0.424. The van der Waals surface area contributed by atoms with E-state index in [1.54, 1.807) is 0 Å². The third-order valence-electron chi connectivity index (χ3n) is 2.70. The van der Waals surface area contributed by atoms with Crippen LogP contribution in [0.1, 0.15) is 45.4 Å². The van der Waals surface area contributed by atoms with Gasteiger partial charge in [0.15, 0.2) is 0 Å². The summed E-state index contributed by atoms with van der Waals surface area (Å²) in [7, 11) is 0. The first kappa shape index (κ1) is 13.7. The Bertz CT molecular complexity index is 286. The van der Waals surface area contributed by atoms with Crippen LogP contribution in [0.4, 0.5) is 0 Å². The minimum Gasteiger partial charge on any atom is -0.464 e. The summed E-state index contributed by atoms with van der Waals surface area (Å²) in [4.78, 5) is 22.4. The average Bonchev–Trinajstić information content (AvgIpc) is 2.74. The lowest BCUT2D eigenvalue weighted by molar-refractivity contribution is -0.146. The van der Waals surface area contributed by atoms with E-state index in [1.807, 2.05) is 6.08 Å². The van der Waals surface area contributed by atoms with Crippen LogP contribution in [0.15, 0.2) is 12.2 Å². The molecular weight excluding hydrogens is 218 g/mol. The number of hydrogen-bond acceptors (Lipinski definition) is 3. The van der Waals surface area contributed by atoms with Gasteiger partial charge in [-0.3, -0.25) is 4.79 Å². The first-order valence-corrected chi connectivity index (χ1v) is 6.35. The molecule has 0 radical (unpaired) electrons. The molecule has 0 spiro atoms. The maximum atomic E-state index is 11.5. The lowest BCUT2D eigenvalue weighted by atomic mass is 10.2. The number of unbranched alkanes of at least 4 members (excludes halogenated alkanes) is 2. The summed E-state index contributed by atoms with van der Waals surface area (Å²) in [6.45, 7) is 2.55. The smallest absolute Gasteiger partial charge is 0.328 e. The van der Waals surface area contributed by atoms with E-state index >= 15 is 0 Å². The predicted molar refractivity (Wildman–Crippen MR) is 65.4 cm³/mol. The van der Waals surface area contributed by atoms with Crippen LogP contribution in [0.25, 0.3) is 0 Å². The molecule has 1 rings (SSSR count). The van der Waals surface area contributed by atoms with Crippen molar-refractivity contribution in [2.24, 2.45) is 0 Å². The molecule has 1 N–H and O–H groups in total. The maximum absolute atomic E-state index is 11.5. The Kier molecular flexibility index (Phi) is 6.37. The van der Waals surface area contributed by atoms with Crippen molar-refractivity contribution < 1.29 is 14.3 Å². The molecule has 1 aliphatic rings. The first-order valence-electron chi connectivity index (χ1n) is 6.35. The van der Waals surface area contributed by atoms with Gasteiger partial charge in [-0.2, -0.15) is 0 Å². The Morgan fingerprint density at radius 2 is 2.24 bits per heavy atom. The Morgan fingerprint density at radius 1 is 1.47 bits per heavy atom. The standard InChI is InChI=1S/C13H21NO3/c1-2-3-4-5-6-7-10-17-13(16)11-8-9-12(15)14-11/h5-6,11H,2-4,7-10H2,1H3,(H,14,15)/b6-5+/t11-/m0/s1. The van der Waals surface area contributed by atoms with Crippen molar-refractivity contribution in [2.45, 2.75) is 51.5 Å². The SMILES string of the molecule is CCCC/C=C/CCOC(=O)[C@@H]1CCC(=O)N1. The molecule has 0 saturated carbocycles. The molecular formula is C13H21NO3. The van der Waals surface area contributed by atoms with Crippen LogP contribution >= 0.6 is 0 Å². The van der Waals surface area contributed by atoms with Crippen LogP contribution < -0.4 is 5.32 Å². The average molecular weight is 239 g/mol. The molecule has 1 fully saturated rings. The highest BCUT2D eigenvalue weighted by molar-refractivity contribution is 5.87. The van der Waals surface area contributed by atoms with E-state index in [4.69, 9.17) is 4.74 Å². The summed E-state index contributed by atoms with van der Waals surface area (Å²) < 4.78 is 5.08. The molecule has 1 atom stereocenters. The van der Waals surface area contributed by atoms with Crippen molar-refractivity contribution >= 4 is 11.9 Å². The van der Waals surface area contributed by atoms with Crippen LogP contribution in [0.2, 0.25) is 0 Å². The summed E-state index contributed by atoms with van der Waals surface area (Å²) in [6.07, 6.45) is 9.37. The molecule has 1 aliphatic heterocycles. The molecule has 0 aliphatic carbocycles. The molecule has 0 bridgehead atoms. The van der Waals surface area contributed by atoms with E-state index in [0.717, 1.165) is 12.8 Å². The zero-order chi connectivity index (χ0) is 12.5. The molecule has 17 heavy (non-hydrogen) atoms. The van der Waals surface area contributed by atoms with Gasteiger partial charge in [-0.25, -0.2) is 4.79 Å². The van der Waals surface area contributed by atoms with Crippen LogP contribution in [-0.4, -0.2) is 24.5 Å². The van der Waals surface area contributed by atoms with Gasteiger partial charge in [0.05, 0.1) is 6.61 Å². The topological polar surface area (TPSA) is 55.4 Å². The second kappa shape index (κ2) is 7.87. The predicted octanol–water partition coefficient (Wildman–Crippen LogP) is 1.94. The Hall–Kier alpha value is -1.32. The number of ether oxygens (including phenoxy) is 1. The highest BCUT2D eigenvalue weighted by Crippen LogP contribution is 2.08. The van der Waals surface area contributed by atoms with Crippen LogP contribution in [0.3, 0.4) is 0 Å². The minimum absolute atomic E-state index is 0.0635. The fourth-order valence-electron chi connectivity index (χ4n) is 1.68. The largest absolute Gasteiger partial charge is 0.464 e. The normalized spacial score (nSPS) is 19.6. The molecule has 96 valence electrons. The van der Waals surface area contributed by atoms with E-state index in [2.05, 4.69) is 18.3 Å². The van der Waals surface area contributed by atoms with Gasteiger partial charge in [-0.15, -0.1) is 0 Å². The molecule has 0 aromatic heterocycles. The summed E-state index contributed by atoms with van der Waals surface area (Å²) >= 11 is 0. The number of amides is 1. The summed E-state index contributed by atoms with van der Waals surface area (Å²) in [6, 6.07) is -0.424. The molecule has 0 unspecified atom stereocenters. The zero-order valence-electron chi connectivity index (χ0n) is 10.4. The van der Waals surface area contributed by atoms with Gasteiger partial charge in [-0.1, -0.05) is 31.9 Å². The fraction of sp³-hybridized carbons (Fsp3) is 0.692. The summed E-state index contributed by atoms with van der Waals surface area (Å²) in [5, 5.41) is 2.59. The van der Waals surface area contributed by atoms with Crippen molar-refractivity contribution in [3.63, 3.8) is 0 Å². The molecule has 0 aromatic rings. The van der Waals surface area contributed by atoms with Gasteiger partial charge in [0.1, 0.15) is 6.04 Å². The van der Waals surface area contributed by atoms with Crippen LogP contribution in [-0.2, 0) is 14.3 Å². The van der Waals surface area contributed by atoms with Crippen LogP contribution in [0.5, 0.6) is 0 Å². The van der Waals surface area contributed by atoms with Crippen molar-refractivity contribution in [3.8, 4) is 0 Å². The summed E-state index contributed by atoms with van der Waals surface area (Å²) in [5.74, 6) is -0.371. The highest BCUT2D eigenvalue weighted by Gasteiger charge is 2.28. The number of nitrogens with one attached hydrogen (secondary N) is 1. The maximum Gasteiger partial charge on any atom is 0.328 e. The monoisotopic (exact) mass is 239 g/mol. The van der Waals surface area contributed by atoms with Gasteiger partial charge in [0.2, 0.25) is 5.91 Å². The third-order valence-corrected chi connectivity index (χ3v) is 2.70. The number of carbonyl (C=O) groups is 2. The third kappa shape index (κ3) is 5.52. The van der Waals surface area contributed by atoms with E-state index in [0.29, 0.717) is 19.4 Å². The Morgan fingerprint density at radius 3 is 2.88 bits per heavy atom. The van der Waals surface area contributed by atoms with Crippen molar-refractivity contribution in [3.05, 3.63) is 12.2 Å². The number of carbonyl (C=O) groups excluding carboxylic acids is 2. The molecule has 0 aromatic carbocycles. The molecule has 1 saturated heterocycles. The van der Waals surface area contributed by atoms with Gasteiger partial charge in [0, 0.05) is 6.42 Å². The van der Waals surface area contributed by atoms with E-state index in [1.165, 1.54) is 12.8 Å². The number of rotatable bonds is 7. The van der Waals surface area contributed by atoms with Crippen molar-refractivity contribution in [2.75, 3.05) is 6.61 Å². The second-order valence-electron chi connectivity index (χ2n) is 4.23. The molecule has 1 amide bonds. The summed E-state index contributed by atoms with van der Waals surface area (Å²) in [5.41, 5.74) is 0. The highest BCUT2D eigenvalue weighted by atomic mass is 16.5. The lowest BCUT2D eigenvalue weighted by Gasteiger charge is -2.08. The van der Waals surface area contributed by atoms with Crippen molar-refractivity contribution in [1.29, 1.82) is 0 Å². The zero-order valence-corrected chi connectivity index (χ0v) is 10.4. The number of esters is 1. The quantitative estimate of drug-likeness (QED) is 0.419. The Balaban J connectivity index is 2.04. The van der Waals surface area contributed by atoms with E-state index in [-0.39, 0.29) is 11.9 Å². The van der Waals surface area contributed by atoms with Gasteiger partial charge in [-0.05, 0) is 19.3 Å². The second-order valence-corrected chi connectivity index (χ2v) is 4.23. The van der Waals surface area contributed by atoms with Crippen LogP contribution in [0, 0.1) is 0 Å². The van der Waals surface area contributed by atoms with Gasteiger partial charge in [0.25, 0.3) is 0 Å². The Labute approximate surface area is 102 Å². The van der Waals surface area contributed by atoms with Gasteiger partial charge < -0.3 is 10.1 Å². The first-order chi connectivity index (χ1) is 8.24. The van der Waals surface area contributed by atoms with Gasteiger partial charge >= 0.3 is 5.97 Å². The number of hydrogen-bond donors (Lipinski definition) is 1. The van der Waals surface area contributed by atoms with E-state index in [9.17, 15) is 9.59 Å². The lowest BCUT2D eigenvalue weighted by Crippen LogP contribution is -2.34. The van der Waals surface area contributed by atoms with E-state index < -0.39 is 6.04 Å².